The number of ether oxygens (including phenoxy) is 1. The Balaban J connectivity index is 2.22. The molecule has 8 nitrogen and oxygen atoms in total. The van der Waals surface area contributed by atoms with Crippen LogP contribution in [0.2, 0.25) is 13.1 Å². The first kappa shape index (κ1) is 25.3. The van der Waals surface area contributed by atoms with Crippen LogP contribution in [0.3, 0.4) is 0 Å². The van der Waals surface area contributed by atoms with Crippen LogP contribution in [0.1, 0.15) is 39.7 Å². The predicted octanol–water partition coefficient (Wildman–Crippen LogP) is 4.84. The van der Waals surface area contributed by atoms with E-state index in [4.69, 9.17) is 9.16 Å². The Hall–Kier alpha value is -1.91. The van der Waals surface area contributed by atoms with E-state index >= 15 is 0 Å². The van der Waals surface area contributed by atoms with Gasteiger partial charge in [0.1, 0.15) is 12.3 Å². The lowest BCUT2D eigenvalue weighted by molar-refractivity contribution is -0.384. The summed E-state index contributed by atoms with van der Waals surface area (Å²) in [4.78, 5) is 36.8. The smallest absolute Gasteiger partial charge is 0.412 e. The summed E-state index contributed by atoms with van der Waals surface area (Å²) in [6, 6.07) is 5.91. The van der Waals surface area contributed by atoms with E-state index in [0.29, 0.717) is 24.3 Å². The highest BCUT2D eigenvalue weighted by atomic mass is 32.2. The van der Waals surface area contributed by atoms with E-state index in [1.165, 1.54) is 19.1 Å². The third kappa shape index (κ3) is 6.78. The van der Waals surface area contributed by atoms with Crippen LogP contribution in [0.4, 0.5) is 10.5 Å². The van der Waals surface area contributed by atoms with Crippen molar-refractivity contribution in [3.05, 3.63) is 39.9 Å². The zero-order valence-electron chi connectivity index (χ0n) is 19.0. The normalized spacial score (nSPS) is 21.4. The third-order valence-corrected chi connectivity index (χ3v) is 7.10. The van der Waals surface area contributed by atoms with Gasteiger partial charge in [-0.05, 0) is 42.1 Å². The lowest BCUT2D eigenvalue weighted by Gasteiger charge is -2.38. The van der Waals surface area contributed by atoms with Crippen LogP contribution < -0.4 is 0 Å². The van der Waals surface area contributed by atoms with Gasteiger partial charge in [-0.1, -0.05) is 32.5 Å². The van der Waals surface area contributed by atoms with E-state index in [1.54, 1.807) is 17.0 Å². The van der Waals surface area contributed by atoms with Crippen LogP contribution in [-0.2, 0) is 20.6 Å². The van der Waals surface area contributed by atoms with Crippen LogP contribution in [0.25, 0.3) is 0 Å². The zero-order chi connectivity index (χ0) is 23.4. The number of rotatable bonds is 7. The lowest BCUT2D eigenvalue weighted by atomic mass is 9.79. The van der Waals surface area contributed by atoms with Gasteiger partial charge in [0, 0.05) is 37.8 Å². The second-order valence-corrected chi connectivity index (χ2v) is 12.3. The zero-order valence-corrected chi connectivity index (χ0v) is 20.8. The Morgan fingerprint density at radius 1 is 1.29 bits per heavy atom. The largest absolute Gasteiger partial charge is 0.444 e. The number of hydrogen-bond acceptors (Lipinski definition) is 7. The molecule has 10 heteroatoms. The molecule has 0 bridgehead atoms. The maximum absolute atomic E-state index is 13.1. The molecule has 171 valence electrons. The summed E-state index contributed by atoms with van der Waals surface area (Å²) in [5, 5.41) is 10.8. The number of benzene rings is 1. The fourth-order valence-electron chi connectivity index (χ4n) is 3.56. The van der Waals surface area contributed by atoms with Gasteiger partial charge < -0.3 is 9.16 Å². The molecule has 0 spiro atoms. The highest BCUT2D eigenvalue weighted by molar-refractivity contribution is 8.13. The molecule has 0 aromatic heterocycles. The van der Waals surface area contributed by atoms with Crippen molar-refractivity contribution >= 4 is 37.7 Å². The van der Waals surface area contributed by atoms with Crippen LogP contribution >= 0.6 is 11.8 Å². The molecule has 1 fully saturated rings. The second kappa shape index (κ2) is 10.1. The van der Waals surface area contributed by atoms with Gasteiger partial charge in [-0.2, -0.15) is 0 Å². The average molecular weight is 468 g/mol. The van der Waals surface area contributed by atoms with Gasteiger partial charge in [0.15, 0.2) is 5.12 Å². The van der Waals surface area contributed by atoms with Crippen LogP contribution in [-0.4, -0.2) is 48.1 Å². The van der Waals surface area contributed by atoms with Gasteiger partial charge in [-0.3, -0.25) is 19.8 Å². The Kier molecular flexibility index (Phi) is 8.29. The number of nitro groups is 1. The van der Waals surface area contributed by atoms with E-state index in [9.17, 15) is 19.7 Å². The number of hydrogen-bond donors (Lipinski definition) is 0. The minimum atomic E-state index is -1.17. The van der Waals surface area contributed by atoms with E-state index in [2.05, 4.69) is 20.8 Å². The molecule has 1 saturated heterocycles. The number of likely N-dealkylation sites (tertiary alicyclic amines) is 1. The Labute approximate surface area is 189 Å². The SMILES string of the molecule is CC(=O)SCC1(O[Si](C)C)CC(C(C)(C)C)CN1C(=O)OCc1ccc([N+](=O)[O-])cc1. The van der Waals surface area contributed by atoms with Crippen molar-refractivity contribution in [3.8, 4) is 0 Å². The summed E-state index contributed by atoms with van der Waals surface area (Å²) in [6.45, 7) is 12.4. The summed E-state index contributed by atoms with van der Waals surface area (Å²) in [5.74, 6) is 0.547. The van der Waals surface area contributed by atoms with E-state index in [1.807, 2.05) is 13.1 Å². The fraction of sp³-hybridized carbons (Fsp3) is 0.619. The number of amides is 1. The Bertz CT molecular complexity index is 811. The fourth-order valence-corrected chi connectivity index (χ4v) is 5.45. The Morgan fingerprint density at radius 2 is 1.90 bits per heavy atom. The highest BCUT2D eigenvalue weighted by Gasteiger charge is 2.52. The first-order valence-electron chi connectivity index (χ1n) is 10.1. The van der Waals surface area contributed by atoms with Crippen molar-refractivity contribution in [2.45, 2.75) is 59.5 Å². The average Bonchev–Trinajstić information content (AvgIpc) is 3.04. The molecule has 1 aromatic rings. The number of carbonyl (C=O) groups is 2. The van der Waals surface area contributed by atoms with Crippen LogP contribution in [0.5, 0.6) is 0 Å². The molecule has 1 amide bonds. The highest BCUT2D eigenvalue weighted by Crippen LogP contribution is 2.45. The third-order valence-electron chi connectivity index (χ3n) is 5.31. The molecule has 2 unspecified atom stereocenters. The Morgan fingerprint density at radius 3 is 2.39 bits per heavy atom. The molecule has 0 saturated carbocycles. The first-order valence-corrected chi connectivity index (χ1v) is 13.5. The van der Waals surface area contributed by atoms with E-state index in [0.717, 1.165) is 11.8 Å². The number of nitrogens with zero attached hydrogens (tertiary/aromatic N) is 2. The maximum atomic E-state index is 13.1. The van der Waals surface area contributed by atoms with Crippen molar-refractivity contribution in [1.82, 2.24) is 4.90 Å². The number of nitro benzene ring substituents is 1. The van der Waals surface area contributed by atoms with Crippen molar-refractivity contribution in [3.63, 3.8) is 0 Å². The number of thioether (sulfide) groups is 1. The van der Waals surface area contributed by atoms with Gasteiger partial charge in [0.25, 0.3) is 5.69 Å². The van der Waals surface area contributed by atoms with Crippen molar-refractivity contribution in [2.24, 2.45) is 11.3 Å². The van der Waals surface area contributed by atoms with E-state index in [-0.39, 0.29) is 28.7 Å². The minimum Gasteiger partial charge on any atom is -0.444 e. The second-order valence-electron chi connectivity index (χ2n) is 9.09. The van der Waals surface area contributed by atoms with Gasteiger partial charge in [0.2, 0.25) is 9.04 Å². The molecule has 1 aliphatic heterocycles. The molecule has 2 rings (SSSR count). The molecule has 1 heterocycles. The molecule has 1 aromatic carbocycles. The summed E-state index contributed by atoms with van der Waals surface area (Å²) in [7, 11) is -1.17. The van der Waals surface area contributed by atoms with Gasteiger partial charge in [-0.15, -0.1) is 0 Å². The maximum Gasteiger partial charge on any atom is 0.412 e. The number of carbonyl (C=O) groups excluding carboxylic acids is 2. The summed E-state index contributed by atoms with van der Waals surface area (Å²) in [6.07, 6.45) is 0.136. The van der Waals surface area contributed by atoms with Crippen LogP contribution in [0, 0.1) is 21.4 Å². The molecular weight excluding hydrogens is 436 g/mol. The van der Waals surface area contributed by atoms with Crippen molar-refractivity contribution < 1.29 is 23.7 Å². The van der Waals surface area contributed by atoms with Crippen molar-refractivity contribution in [1.29, 1.82) is 0 Å². The summed E-state index contributed by atoms with van der Waals surface area (Å²) in [5.41, 5.74) is -0.293. The van der Waals surface area contributed by atoms with Gasteiger partial charge in [-0.25, -0.2) is 4.79 Å². The topological polar surface area (TPSA) is 99.0 Å². The summed E-state index contributed by atoms with van der Waals surface area (Å²) < 4.78 is 12.0. The van der Waals surface area contributed by atoms with Crippen LogP contribution in [0.15, 0.2) is 24.3 Å². The molecule has 31 heavy (non-hydrogen) atoms. The standard InChI is InChI=1S/C21H31N2O6SSi/c1-15(24)30-14-21(29-31(5)6)11-17(20(2,3)4)12-22(21)19(25)28-13-16-7-9-18(10-8-16)23(26)27/h7-10,17H,11-14H2,1-6H3. The van der Waals surface area contributed by atoms with E-state index < -0.39 is 25.8 Å². The van der Waals surface area contributed by atoms with Gasteiger partial charge in [0.05, 0.1) is 4.92 Å². The quantitative estimate of drug-likeness (QED) is 0.321. The minimum absolute atomic E-state index is 0.000493. The molecule has 1 radical (unpaired) electrons. The first-order chi connectivity index (χ1) is 14.3. The lowest BCUT2D eigenvalue weighted by Crippen LogP contribution is -2.53. The molecule has 0 aliphatic carbocycles. The molecule has 2 atom stereocenters. The molecule has 0 N–H and O–H groups in total. The predicted molar refractivity (Wildman–Crippen MR) is 122 cm³/mol. The molecular formula is C21H31N2O6SSi. The molecule has 1 aliphatic rings. The van der Waals surface area contributed by atoms with Gasteiger partial charge >= 0.3 is 6.09 Å². The van der Waals surface area contributed by atoms with Crippen molar-refractivity contribution in [2.75, 3.05) is 12.3 Å². The summed E-state index contributed by atoms with van der Waals surface area (Å²) >= 11 is 1.16. The monoisotopic (exact) mass is 467 g/mol. The number of non-ortho nitro benzene ring substituents is 1.